The number of esters is 1. The zero-order valence-electron chi connectivity index (χ0n) is 12.1. The van der Waals surface area contributed by atoms with E-state index in [0.29, 0.717) is 0 Å². The summed E-state index contributed by atoms with van der Waals surface area (Å²) in [6.45, 7) is 8.40. The Morgan fingerprint density at radius 3 is 1.86 bits per heavy atom. The second-order valence-corrected chi connectivity index (χ2v) is 3.13. The molecule has 0 aromatic heterocycles. The average Bonchev–Trinajstić information content (AvgIpc) is 2.50. The van der Waals surface area contributed by atoms with Gasteiger partial charge in [0.05, 0.1) is 0 Å². The van der Waals surface area contributed by atoms with E-state index < -0.39 is 12.3 Å². The van der Waals surface area contributed by atoms with Gasteiger partial charge in [0.25, 0.3) is 0 Å². The van der Waals surface area contributed by atoms with Gasteiger partial charge in [0.2, 0.25) is 18.4 Å². The fourth-order valence-electron chi connectivity index (χ4n) is 0.750. The number of nitrogens with one attached hydrogen (secondary N) is 2. The van der Waals surface area contributed by atoms with Crippen molar-refractivity contribution in [2.75, 3.05) is 0 Å². The number of hydrogen-bond donors (Lipinski definition) is 3. The van der Waals surface area contributed by atoms with E-state index >= 15 is 0 Å². The Kier molecular flexibility index (Phi) is 22.0. The van der Waals surface area contributed by atoms with Crippen molar-refractivity contribution in [2.45, 2.75) is 13.2 Å². The van der Waals surface area contributed by atoms with Crippen molar-refractivity contribution >= 4 is 18.1 Å². The molecule has 0 spiro atoms. The first kappa shape index (κ1) is 23.9. The van der Waals surface area contributed by atoms with E-state index in [9.17, 15) is 4.79 Å². The number of aliphatic hydroxyl groups excluding tert-OH is 1. The summed E-state index contributed by atoms with van der Waals surface area (Å²) in [5.41, 5.74) is 1.32. The average molecular weight is 306 g/mol. The Morgan fingerprint density at radius 1 is 1.23 bits per heavy atom. The molecule has 22 heavy (non-hydrogen) atoms. The van der Waals surface area contributed by atoms with Gasteiger partial charge in [0.1, 0.15) is 0 Å². The summed E-state index contributed by atoms with van der Waals surface area (Å²) in [6, 6.07) is 10.3. The van der Waals surface area contributed by atoms with Crippen LogP contribution in [0.15, 0.2) is 55.6 Å². The SMILES string of the molecule is C=CC(=O)OC(O)C=C.Cc1ccccc1.N=C=O.N=C=O. The van der Waals surface area contributed by atoms with Crippen LogP contribution in [0.3, 0.4) is 0 Å². The lowest BCUT2D eigenvalue weighted by Gasteiger charge is -2.02. The second kappa shape index (κ2) is 20.2. The van der Waals surface area contributed by atoms with Gasteiger partial charge in [-0.3, -0.25) is 0 Å². The maximum atomic E-state index is 10.2. The smallest absolute Gasteiger partial charge is 0.332 e. The van der Waals surface area contributed by atoms with Crippen LogP contribution in [0.25, 0.3) is 0 Å². The van der Waals surface area contributed by atoms with E-state index in [-0.39, 0.29) is 0 Å². The van der Waals surface area contributed by atoms with Crippen LogP contribution >= 0.6 is 0 Å². The monoisotopic (exact) mass is 306 g/mol. The molecule has 1 atom stereocenters. The van der Waals surface area contributed by atoms with Gasteiger partial charge in [0, 0.05) is 6.08 Å². The Morgan fingerprint density at radius 2 is 1.64 bits per heavy atom. The summed E-state index contributed by atoms with van der Waals surface area (Å²) < 4.78 is 4.23. The third-order valence-electron chi connectivity index (χ3n) is 1.55. The summed E-state index contributed by atoms with van der Waals surface area (Å²) in [5, 5.41) is 19.4. The Hall–Kier alpha value is -3.11. The largest absolute Gasteiger partial charge is 0.429 e. The van der Waals surface area contributed by atoms with Crippen molar-refractivity contribution in [3.63, 3.8) is 0 Å². The summed E-state index contributed by atoms with van der Waals surface area (Å²) in [6.07, 6.45) is 2.34. The Labute approximate surface area is 128 Å². The lowest BCUT2D eigenvalue weighted by molar-refractivity contribution is -0.154. The molecule has 0 saturated heterocycles. The molecule has 0 aliphatic rings. The Balaban J connectivity index is -0.000000246. The van der Waals surface area contributed by atoms with Gasteiger partial charge in [-0.15, -0.1) is 0 Å². The van der Waals surface area contributed by atoms with Crippen LogP contribution < -0.4 is 0 Å². The maximum absolute atomic E-state index is 10.2. The molecule has 1 unspecified atom stereocenters. The molecule has 0 aliphatic heterocycles. The van der Waals surface area contributed by atoms with E-state index in [1.54, 1.807) is 0 Å². The minimum Gasteiger partial charge on any atom is -0.429 e. The molecule has 0 radical (unpaired) electrons. The third kappa shape index (κ3) is 25.7. The van der Waals surface area contributed by atoms with Crippen molar-refractivity contribution in [3.05, 3.63) is 61.2 Å². The van der Waals surface area contributed by atoms with Gasteiger partial charge < -0.3 is 9.84 Å². The van der Waals surface area contributed by atoms with Gasteiger partial charge >= 0.3 is 5.97 Å². The molecule has 0 aliphatic carbocycles. The van der Waals surface area contributed by atoms with Crippen molar-refractivity contribution in [3.8, 4) is 0 Å². The maximum Gasteiger partial charge on any atom is 0.332 e. The molecule has 0 bridgehead atoms. The van der Waals surface area contributed by atoms with Crippen LogP contribution in [0.1, 0.15) is 5.56 Å². The van der Waals surface area contributed by atoms with E-state index in [0.717, 1.165) is 24.3 Å². The van der Waals surface area contributed by atoms with Gasteiger partial charge in [-0.2, -0.15) is 0 Å². The minimum atomic E-state index is -1.23. The van der Waals surface area contributed by atoms with E-state index in [1.165, 1.54) is 5.56 Å². The van der Waals surface area contributed by atoms with Crippen LogP contribution in [0.2, 0.25) is 0 Å². The highest BCUT2D eigenvalue weighted by atomic mass is 16.6. The minimum absolute atomic E-state index is 0.664. The number of carbonyl (C=O) groups excluding carboxylic acids is 3. The van der Waals surface area contributed by atoms with Crippen LogP contribution in [0.4, 0.5) is 0 Å². The highest BCUT2D eigenvalue weighted by Gasteiger charge is 2.00. The predicted molar refractivity (Wildman–Crippen MR) is 80.5 cm³/mol. The standard InChI is InChI=1S/C7H8.C6H8O3.2CHNO/c1-7-5-3-2-4-6-7;1-3-5(7)9-6(8)4-2;2*2-1-3/h2-6H,1H3;3-5,7H,1-2H2;2*2H. The van der Waals surface area contributed by atoms with Gasteiger partial charge in [0.15, 0.2) is 0 Å². The number of hydrogen-bond acceptors (Lipinski definition) is 7. The van der Waals surface area contributed by atoms with E-state index in [1.807, 2.05) is 18.2 Å². The lowest BCUT2D eigenvalue weighted by atomic mass is 10.2. The molecule has 3 N–H and O–H groups in total. The topological polar surface area (TPSA) is 128 Å². The molecule has 0 heterocycles. The summed E-state index contributed by atoms with van der Waals surface area (Å²) in [5.74, 6) is -0.664. The molecule has 0 amide bonds. The molecule has 7 nitrogen and oxygen atoms in total. The normalized spacial score (nSPS) is 8.27. The van der Waals surface area contributed by atoms with Gasteiger partial charge in [-0.05, 0) is 13.0 Å². The van der Waals surface area contributed by atoms with Crippen LogP contribution in [0.5, 0.6) is 0 Å². The highest BCUT2D eigenvalue weighted by molar-refractivity contribution is 5.81. The van der Waals surface area contributed by atoms with Crippen molar-refractivity contribution in [1.29, 1.82) is 10.8 Å². The number of aryl methyl sites for hydroxylation is 1. The van der Waals surface area contributed by atoms with Crippen molar-refractivity contribution < 1.29 is 24.2 Å². The predicted octanol–water partition coefficient (Wildman–Crippen LogP) is 2.02. The van der Waals surface area contributed by atoms with Crippen LogP contribution in [-0.4, -0.2) is 29.5 Å². The number of aliphatic hydroxyl groups is 1. The quantitative estimate of drug-likeness (QED) is 0.196. The van der Waals surface area contributed by atoms with E-state index in [2.05, 4.69) is 37.0 Å². The summed E-state index contributed by atoms with van der Waals surface area (Å²) in [7, 11) is 0. The molecule has 1 rings (SSSR count). The van der Waals surface area contributed by atoms with Crippen LogP contribution in [0, 0.1) is 17.7 Å². The number of carbonyl (C=O) groups is 1. The van der Waals surface area contributed by atoms with Crippen molar-refractivity contribution in [2.24, 2.45) is 0 Å². The lowest BCUT2D eigenvalue weighted by Crippen LogP contribution is -2.12. The summed E-state index contributed by atoms with van der Waals surface area (Å²) >= 11 is 0. The second-order valence-electron chi connectivity index (χ2n) is 3.13. The number of ether oxygens (including phenoxy) is 1. The molecule has 1 aromatic carbocycles. The van der Waals surface area contributed by atoms with Gasteiger partial charge in [-0.1, -0.05) is 49.1 Å². The fourth-order valence-corrected chi connectivity index (χ4v) is 0.750. The third-order valence-corrected chi connectivity index (χ3v) is 1.55. The molecular formula is C15H18N2O5. The van der Waals surface area contributed by atoms with Gasteiger partial charge in [-0.25, -0.2) is 25.2 Å². The molecular weight excluding hydrogens is 288 g/mol. The van der Waals surface area contributed by atoms with Crippen molar-refractivity contribution in [1.82, 2.24) is 0 Å². The molecule has 118 valence electrons. The first-order chi connectivity index (χ1) is 10.4. The number of isocyanates is 2. The zero-order chi connectivity index (χ0) is 17.8. The molecule has 1 aromatic rings. The molecule has 7 heteroatoms. The zero-order valence-corrected chi connectivity index (χ0v) is 12.1. The summed E-state index contributed by atoms with van der Waals surface area (Å²) in [4.78, 5) is 26.9. The Bertz CT molecular complexity index is 476. The first-order valence-corrected chi connectivity index (χ1v) is 5.66. The highest BCUT2D eigenvalue weighted by Crippen LogP contribution is 1.92. The fraction of sp³-hybridized carbons (Fsp3) is 0.133. The molecule has 0 fully saturated rings. The number of benzene rings is 1. The molecule has 0 saturated carbocycles. The first-order valence-electron chi connectivity index (χ1n) is 5.66. The van der Waals surface area contributed by atoms with E-state index in [4.69, 9.17) is 25.5 Å². The van der Waals surface area contributed by atoms with Crippen LogP contribution in [-0.2, 0) is 19.1 Å². The number of rotatable bonds is 3.